The van der Waals surface area contributed by atoms with Crippen molar-refractivity contribution in [1.82, 2.24) is 14.9 Å². The molecule has 0 bridgehead atoms. The fourth-order valence-electron chi connectivity index (χ4n) is 2.63. The SMILES string of the molecule is FC(F)(F)c1n[nH]c(=S)n1/N=C\c1ccc(N2CCCCC2)cc1. The van der Waals surface area contributed by atoms with Crippen molar-refractivity contribution >= 4 is 24.1 Å². The summed E-state index contributed by atoms with van der Waals surface area (Å²) in [6.07, 6.45) is 0.335. The van der Waals surface area contributed by atoms with E-state index < -0.39 is 12.0 Å². The van der Waals surface area contributed by atoms with Crippen molar-refractivity contribution in [3.05, 3.63) is 40.4 Å². The van der Waals surface area contributed by atoms with Crippen molar-refractivity contribution in [1.29, 1.82) is 0 Å². The summed E-state index contributed by atoms with van der Waals surface area (Å²) in [5.41, 5.74) is 1.80. The van der Waals surface area contributed by atoms with Gasteiger partial charge in [0.15, 0.2) is 0 Å². The molecule has 2 aromatic rings. The van der Waals surface area contributed by atoms with Crippen molar-refractivity contribution in [2.75, 3.05) is 18.0 Å². The summed E-state index contributed by atoms with van der Waals surface area (Å²) >= 11 is 4.79. The van der Waals surface area contributed by atoms with E-state index in [-0.39, 0.29) is 4.77 Å². The van der Waals surface area contributed by atoms with E-state index in [1.54, 1.807) is 0 Å². The average molecular weight is 355 g/mol. The summed E-state index contributed by atoms with van der Waals surface area (Å²) in [6, 6.07) is 7.55. The number of H-pyrrole nitrogens is 1. The van der Waals surface area contributed by atoms with Crippen LogP contribution in [0.3, 0.4) is 0 Å². The van der Waals surface area contributed by atoms with Crippen LogP contribution in [-0.2, 0) is 6.18 Å². The Morgan fingerprint density at radius 1 is 1.12 bits per heavy atom. The molecule has 1 fully saturated rings. The van der Waals surface area contributed by atoms with E-state index in [0.29, 0.717) is 10.2 Å². The molecule has 5 nitrogen and oxygen atoms in total. The monoisotopic (exact) mass is 355 g/mol. The van der Waals surface area contributed by atoms with Gasteiger partial charge in [0.05, 0.1) is 6.21 Å². The number of alkyl halides is 3. The lowest BCUT2D eigenvalue weighted by molar-refractivity contribution is -0.147. The highest BCUT2D eigenvalue weighted by molar-refractivity contribution is 7.71. The molecular formula is C15H16F3N5S. The summed E-state index contributed by atoms with van der Waals surface area (Å²) in [6.45, 7) is 2.07. The molecule has 0 radical (unpaired) electrons. The predicted octanol–water partition coefficient (Wildman–Crippen LogP) is 3.83. The molecule has 3 rings (SSSR count). The Kier molecular flexibility index (Phi) is 4.70. The number of benzene rings is 1. The molecule has 1 aromatic carbocycles. The van der Waals surface area contributed by atoms with Gasteiger partial charge in [-0.1, -0.05) is 12.1 Å². The lowest BCUT2D eigenvalue weighted by Crippen LogP contribution is -2.29. The molecule has 0 amide bonds. The third-order valence-corrected chi connectivity index (χ3v) is 4.10. The molecule has 0 atom stereocenters. The molecule has 0 unspecified atom stereocenters. The van der Waals surface area contributed by atoms with Gasteiger partial charge in [-0.15, -0.1) is 5.10 Å². The molecule has 128 valence electrons. The topological polar surface area (TPSA) is 49.2 Å². The third-order valence-electron chi connectivity index (χ3n) is 3.84. The van der Waals surface area contributed by atoms with Gasteiger partial charge in [-0.3, -0.25) is 0 Å². The predicted molar refractivity (Wildman–Crippen MR) is 87.9 cm³/mol. The highest BCUT2D eigenvalue weighted by Crippen LogP contribution is 2.27. The molecule has 2 heterocycles. The molecule has 1 aliphatic heterocycles. The lowest BCUT2D eigenvalue weighted by Gasteiger charge is -2.28. The van der Waals surface area contributed by atoms with E-state index in [0.717, 1.165) is 18.8 Å². The summed E-state index contributed by atoms with van der Waals surface area (Å²) in [7, 11) is 0. The minimum absolute atomic E-state index is 0.205. The maximum Gasteiger partial charge on any atom is 0.453 e. The van der Waals surface area contributed by atoms with Crippen molar-refractivity contribution in [3.8, 4) is 0 Å². The van der Waals surface area contributed by atoms with Crippen LogP contribution in [0, 0.1) is 4.77 Å². The van der Waals surface area contributed by atoms with Gasteiger partial charge < -0.3 is 4.90 Å². The van der Waals surface area contributed by atoms with Crippen LogP contribution in [0.25, 0.3) is 0 Å². The van der Waals surface area contributed by atoms with Crippen LogP contribution in [0.15, 0.2) is 29.4 Å². The highest BCUT2D eigenvalue weighted by Gasteiger charge is 2.37. The van der Waals surface area contributed by atoms with Crippen LogP contribution < -0.4 is 4.90 Å². The number of aromatic amines is 1. The van der Waals surface area contributed by atoms with Gasteiger partial charge in [0.25, 0.3) is 5.82 Å². The Bertz CT molecular complexity index is 770. The highest BCUT2D eigenvalue weighted by atomic mass is 32.1. The van der Waals surface area contributed by atoms with E-state index in [9.17, 15) is 13.2 Å². The van der Waals surface area contributed by atoms with Gasteiger partial charge in [-0.2, -0.15) is 22.9 Å². The molecule has 9 heteroatoms. The van der Waals surface area contributed by atoms with Gasteiger partial charge in [0.2, 0.25) is 4.77 Å². The van der Waals surface area contributed by atoms with E-state index in [1.165, 1.54) is 25.5 Å². The van der Waals surface area contributed by atoms with Crippen LogP contribution in [0.5, 0.6) is 0 Å². The number of rotatable bonds is 3. The van der Waals surface area contributed by atoms with E-state index in [1.807, 2.05) is 24.3 Å². The molecular weight excluding hydrogens is 339 g/mol. The molecule has 0 saturated carbocycles. The zero-order chi connectivity index (χ0) is 17.2. The molecule has 1 aromatic heterocycles. The fourth-order valence-corrected chi connectivity index (χ4v) is 2.81. The first kappa shape index (κ1) is 16.7. The largest absolute Gasteiger partial charge is 0.453 e. The first-order valence-electron chi connectivity index (χ1n) is 7.59. The Morgan fingerprint density at radius 2 is 1.79 bits per heavy atom. The maximum absolute atomic E-state index is 12.8. The Morgan fingerprint density at radius 3 is 2.42 bits per heavy atom. The Labute approximate surface area is 141 Å². The van der Waals surface area contributed by atoms with Crippen molar-refractivity contribution < 1.29 is 13.2 Å². The number of nitrogens with one attached hydrogen (secondary N) is 1. The average Bonchev–Trinajstić information content (AvgIpc) is 2.95. The molecule has 1 aliphatic rings. The molecule has 0 spiro atoms. The van der Waals surface area contributed by atoms with Crippen molar-refractivity contribution in [2.45, 2.75) is 25.4 Å². The molecule has 24 heavy (non-hydrogen) atoms. The third kappa shape index (κ3) is 3.66. The molecule has 1 N–H and O–H groups in total. The summed E-state index contributed by atoms with van der Waals surface area (Å²) in [5.74, 6) is -1.17. The number of piperidine rings is 1. The zero-order valence-corrected chi connectivity index (χ0v) is 13.6. The summed E-state index contributed by atoms with van der Waals surface area (Å²) < 4.78 is 38.8. The quantitative estimate of drug-likeness (QED) is 0.672. The van der Waals surface area contributed by atoms with E-state index >= 15 is 0 Å². The Balaban J connectivity index is 1.78. The number of nitrogens with zero attached hydrogens (tertiary/aromatic N) is 4. The van der Waals surface area contributed by atoms with Gasteiger partial charge in [0.1, 0.15) is 0 Å². The van der Waals surface area contributed by atoms with Crippen LogP contribution in [0.1, 0.15) is 30.7 Å². The number of hydrogen-bond donors (Lipinski definition) is 1. The second kappa shape index (κ2) is 6.76. The van der Waals surface area contributed by atoms with Gasteiger partial charge in [-0.05, 0) is 49.2 Å². The van der Waals surface area contributed by atoms with Crippen molar-refractivity contribution in [2.24, 2.45) is 5.10 Å². The number of anilines is 1. The number of hydrogen-bond acceptors (Lipinski definition) is 4. The molecule has 0 aliphatic carbocycles. The van der Waals surface area contributed by atoms with Crippen LogP contribution in [0.4, 0.5) is 18.9 Å². The standard InChI is InChI=1S/C15H16F3N5S/c16-15(17,18)13-20-21-14(24)23(13)19-10-11-4-6-12(7-5-11)22-8-2-1-3-9-22/h4-7,10H,1-3,8-9H2,(H,21,24)/b19-10-. The molecule has 1 saturated heterocycles. The number of halogens is 3. The fraction of sp³-hybridized carbons (Fsp3) is 0.400. The minimum Gasteiger partial charge on any atom is -0.372 e. The smallest absolute Gasteiger partial charge is 0.372 e. The normalized spacial score (nSPS) is 16.0. The van der Waals surface area contributed by atoms with Gasteiger partial charge >= 0.3 is 6.18 Å². The second-order valence-corrected chi connectivity index (χ2v) is 5.93. The van der Waals surface area contributed by atoms with E-state index in [2.05, 4.69) is 20.2 Å². The van der Waals surface area contributed by atoms with Crippen molar-refractivity contribution in [3.63, 3.8) is 0 Å². The van der Waals surface area contributed by atoms with Crippen LogP contribution in [0.2, 0.25) is 0 Å². The maximum atomic E-state index is 12.8. The van der Waals surface area contributed by atoms with E-state index in [4.69, 9.17) is 12.2 Å². The van der Waals surface area contributed by atoms with Gasteiger partial charge in [-0.25, -0.2) is 5.10 Å². The lowest BCUT2D eigenvalue weighted by atomic mass is 10.1. The number of aromatic nitrogens is 3. The first-order chi connectivity index (χ1) is 11.4. The second-order valence-electron chi connectivity index (χ2n) is 5.55. The zero-order valence-electron chi connectivity index (χ0n) is 12.8. The van der Waals surface area contributed by atoms with Crippen LogP contribution >= 0.6 is 12.2 Å². The summed E-state index contributed by atoms with van der Waals surface area (Å²) in [4.78, 5) is 2.30. The first-order valence-corrected chi connectivity index (χ1v) is 8.00. The summed E-state index contributed by atoms with van der Waals surface area (Å²) in [5, 5.41) is 9.09. The van der Waals surface area contributed by atoms with Gasteiger partial charge in [0, 0.05) is 18.8 Å². The minimum atomic E-state index is -4.62. The van der Waals surface area contributed by atoms with Crippen LogP contribution in [-0.4, -0.2) is 34.2 Å². The Hall–Kier alpha value is -2.16.